The molecule has 0 fully saturated rings. The van der Waals surface area contributed by atoms with Crippen LogP contribution in [-0.2, 0) is 6.54 Å². The number of imidazole rings is 1. The van der Waals surface area contributed by atoms with Crippen molar-refractivity contribution in [1.82, 2.24) is 9.55 Å². The van der Waals surface area contributed by atoms with Gasteiger partial charge in [0, 0.05) is 17.3 Å². The minimum atomic E-state index is 0.785. The van der Waals surface area contributed by atoms with Gasteiger partial charge in [-0.05, 0) is 36.2 Å². The summed E-state index contributed by atoms with van der Waals surface area (Å²) in [5.41, 5.74) is 1.34. The lowest BCUT2D eigenvalue weighted by atomic mass is 10.3. The van der Waals surface area contributed by atoms with Crippen LogP contribution in [0.2, 0.25) is 0 Å². The first-order valence-corrected chi connectivity index (χ1v) is 5.33. The highest BCUT2D eigenvalue weighted by Crippen LogP contribution is 2.16. The van der Waals surface area contributed by atoms with Crippen molar-refractivity contribution < 1.29 is 0 Å². The van der Waals surface area contributed by atoms with Gasteiger partial charge in [0.2, 0.25) is 0 Å². The van der Waals surface area contributed by atoms with Gasteiger partial charge in [0.1, 0.15) is 0 Å². The van der Waals surface area contributed by atoms with Crippen molar-refractivity contribution >= 4 is 23.6 Å². The Kier molecular flexibility index (Phi) is 2.33. The van der Waals surface area contributed by atoms with Gasteiger partial charge >= 0.3 is 0 Å². The van der Waals surface area contributed by atoms with Crippen molar-refractivity contribution in [3.05, 3.63) is 39.1 Å². The Balaban J connectivity index is 2.29. The lowest BCUT2D eigenvalue weighted by Gasteiger charge is -2.00. The lowest BCUT2D eigenvalue weighted by Crippen LogP contribution is -1.96. The molecular formula is C9H10N2S2. The van der Waals surface area contributed by atoms with E-state index in [1.54, 1.807) is 11.3 Å². The molecule has 2 aromatic rings. The molecule has 4 heteroatoms. The molecule has 0 aliphatic rings. The molecule has 0 saturated heterocycles. The number of rotatable bonds is 2. The van der Waals surface area contributed by atoms with Gasteiger partial charge in [-0.2, -0.15) is 0 Å². The fourth-order valence-corrected chi connectivity index (χ4v) is 2.29. The van der Waals surface area contributed by atoms with Crippen LogP contribution in [0.15, 0.2) is 23.8 Å². The Morgan fingerprint density at radius 1 is 1.62 bits per heavy atom. The molecule has 1 N–H and O–H groups in total. The van der Waals surface area contributed by atoms with Gasteiger partial charge in [0.15, 0.2) is 4.77 Å². The molecule has 68 valence electrons. The maximum absolute atomic E-state index is 5.11. The maximum Gasteiger partial charge on any atom is 0.177 e. The molecule has 13 heavy (non-hydrogen) atoms. The van der Waals surface area contributed by atoms with Crippen LogP contribution >= 0.6 is 23.6 Å². The molecule has 0 aromatic carbocycles. The number of thiophene rings is 1. The van der Waals surface area contributed by atoms with E-state index >= 15 is 0 Å². The Hall–Kier alpha value is -0.870. The summed E-state index contributed by atoms with van der Waals surface area (Å²) in [7, 11) is 0. The minimum absolute atomic E-state index is 0.785. The first-order chi connectivity index (χ1) is 6.27. The van der Waals surface area contributed by atoms with E-state index < -0.39 is 0 Å². The number of hydrogen-bond acceptors (Lipinski definition) is 2. The molecular weight excluding hydrogens is 200 g/mol. The molecule has 0 aliphatic carbocycles. The fourth-order valence-electron chi connectivity index (χ4n) is 1.19. The molecule has 2 aromatic heterocycles. The Morgan fingerprint density at radius 3 is 3.00 bits per heavy atom. The monoisotopic (exact) mass is 210 g/mol. The van der Waals surface area contributed by atoms with Gasteiger partial charge in [-0.25, -0.2) is 0 Å². The van der Waals surface area contributed by atoms with Crippen molar-refractivity contribution in [2.24, 2.45) is 0 Å². The molecule has 2 rings (SSSR count). The Labute approximate surface area is 85.9 Å². The van der Waals surface area contributed by atoms with Crippen LogP contribution in [0.5, 0.6) is 0 Å². The zero-order valence-electron chi connectivity index (χ0n) is 7.28. The van der Waals surface area contributed by atoms with E-state index in [1.165, 1.54) is 10.4 Å². The molecule has 0 unspecified atom stereocenters. The van der Waals surface area contributed by atoms with Crippen LogP contribution < -0.4 is 0 Å². The van der Waals surface area contributed by atoms with E-state index in [0.717, 1.165) is 11.3 Å². The van der Waals surface area contributed by atoms with Crippen LogP contribution in [0.3, 0.4) is 0 Å². The normalized spacial score (nSPS) is 10.5. The highest BCUT2D eigenvalue weighted by atomic mass is 32.1. The summed E-state index contributed by atoms with van der Waals surface area (Å²) in [6.45, 7) is 3.01. The number of aryl methyl sites for hydroxylation is 1. The molecule has 0 atom stereocenters. The molecule has 0 aliphatic heterocycles. The van der Waals surface area contributed by atoms with E-state index in [2.05, 4.69) is 23.4 Å². The number of aromatic nitrogens is 2. The summed E-state index contributed by atoms with van der Waals surface area (Å²) in [4.78, 5) is 4.35. The van der Waals surface area contributed by atoms with Crippen LogP contribution in [-0.4, -0.2) is 9.55 Å². The summed E-state index contributed by atoms with van der Waals surface area (Å²) >= 11 is 6.89. The molecule has 0 saturated carbocycles. The van der Waals surface area contributed by atoms with Crippen molar-refractivity contribution in [3.8, 4) is 0 Å². The number of aromatic amines is 1. The minimum Gasteiger partial charge on any atom is -0.337 e. The average molecular weight is 210 g/mol. The van der Waals surface area contributed by atoms with Crippen LogP contribution in [0.1, 0.15) is 10.4 Å². The summed E-state index contributed by atoms with van der Waals surface area (Å²) in [5, 5.41) is 2.11. The molecule has 0 radical (unpaired) electrons. The topological polar surface area (TPSA) is 20.7 Å². The molecule has 2 nitrogen and oxygen atoms in total. The predicted molar refractivity (Wildman–Crippen MR) is 57.8 cm³/mol. The smallest absolute Gasteiger partial charge is 0.177 e. The second-order valence-corrected chi connectivity index (χ2v) is 4.31. The van der Waals surface area contributed by atoms with E-state index in [9.17, 15) is 0 Å². The second-order valence-electron chi connectivity index (χ2n) is 2.92. The van der Waals surface area contributed by atoms with Gasteiger partial charge < -0.3 is 9.55 Å². The lowest BCUT2D eigenvalue weighted by molar-refractivity contribution is 0.792. The van der Waals surface area contributed by atoms with E-state index in [-0.39, 0.29) is 0 Å². The van der Waals surface area contributed by atoms with Crippen molar-refractivity contribution in [2.75, 3.05) is 0 Å². The zero-order chi connectivity index (χ0) is 9.26. The first-order valence-electron chi connectivity index (χ1n) is 4.04. The summed E-state index contributed by atoms with van der Waals surface area (Å²) in [6.07, 6.45) is 3.84. The van der Waals surface area contributed by atoms with E-state index in [4.69, 9.17) is 12.2 Å². The van der Waals surface area contributed by atoms with Gasteiger partial charge in [-0.15, -0.1) is 11.3 Å². The molecule has 0 amide bonds. The highest BCUT2D eigenvalue weighted by Gasteiger charge is 2.00. The van der Waals surface area contributed by atoms with Gasteiger partial charge in [-0.3, -0.25) is 0 Å². The summed E-state index contributed by atoms with van der Waals surface area (Å²) in [5.74, 6) is 0. The first kappa shape index (κ1) is 8.72. The molecule has 2 heterocycles. The van der Waals surface area contributed by atoms with Gasteiger partial charge in [-0.1, -0.05) is 0 Å². The predicted octanol–water partition coefficient (Wildman–Crippen LogP) is 2.96. The number of nitrogens with one attached hydrogen (secondary N) is 1. The fraction of sp³-hybridized carbons (Fsp3) is 0.222. The van der Waals surface area contributed by atoms with Crippen LogP contribution in [0.25, 0.3) is 0 Å². The summed E-state index contributed by atoms with van der Waals surface area (Å²) in [6, 6.07) is 2.14. The van der Waals surface area contributed by atoms with Gasteiger partial charge in [0.25, 0.3) is 0 Å². The van der Waals surface area contributed by atoms with Crippen LogP contribution in [0.4, 0.5) is 0 Å². The molecule has 0 bridgehead atoms. The SMILES string of the molecule is Cc1ccsc1Cn1cc[nH]c1=S. The average Bonchev–Trinajstić information content (AvgIpc) is 2.65. The third-order valence-electron chi connectivity index (χ3n) is 2.00. The second kappa shape index (κ2) is 3.47. The standard InChI is InChI=1S/C9H10N2S2/c1-7-2-5-13-8(7)6-11-4-3-10-9(11)12/h2-5H,6H2,1H3,(H,10,12). The summed E-state index contributed by atoms with van der Waals surface area (Å²) < 4.78 is 2.82. The van der Waals surface area contributed by atoms with Crippen molar-refractivity contribution in [1.29, 1.82) is 0 Å². The van der Waals surface area contributed by atoms with Crippen molar-refractivity contribution in [2.45, 2.75) is 13.5 Å². The highest BCUT2D eigenvalue weighted by molar-refractivity contribution is 7.71. The third-order valence-corrected chi connectivity index (χ3v) is 3.36. The van der Waals surface area contributed by atoms with Crippen LogP contribution in [0, 0.1) is 11.7 Å². The number of nitrogens with zero attached hydrogens (tertiary/aromatic N) is 1. The maximum atomic E-state index is 5.11. The molecule has 0 spiro atoms. The largest absolute Gasteiger partial charge is 0.337 e. The quantitative estimate of drug-likeness (QED) is 0.756. The number of hydrogen-bond donors (Lipinski definition) is 1. The third kappa shape index (κ3) is 1.73. The zero-order valence-corrected chi connectivity index (χ0v) is 8.91. The Bertz CT molecular complexity index is 450. The van der Waals surface area contributed by atoms with Gasteiger partial charge in [0.05, 0.1) is 6.54 Å². The van der Waals surface area contributed by atoms with E-state index in [1.807, 2.05) is 17.0 Å². The number of H-pyrrole nitrogens is 1. The van der Waals surface area contributed by atoms with E-state index in [0.29, 0.717) is 0 Å². The van der Waals surface area contributed by atoms with Crippen molar-refractivity contribution in [3.63, 3.8) is 0 Å². The Morgan fingerprint density at radius 2 is 2.46 bits per heavy atom.